The molecule has 0 saturated heterocycles. The number of hydrogen-bond acceptors (Lipinski definition) is 2. The lowest BCUT2D eigenvalue weighted by Gasteiger charge is -2.25. The molecule has 3 aliphatic carbocycles. The summed E-state index contributed by atoms with van der Waals surface area (Å²) in [6.45, 7) is 0. The van der Waals surface area contributed by atoms with E-state index in [9.17, 15) is 0 Å². The lowest BCUT2D eigenvalue weighted by atomic mass is 9.79. The number of nitrogens with zero attached hydrogens (tertiary/aromatic N) is 2. The number of fused-ring (bicyclic) bond motifs is 2. The summed E-state index contributed by atoms with van der Waals surface area (Å²) in [5.41, 5.74) is 16.3. The molecule has 2 heterocycles. The van der Waals surface area contributed by atoms with Gasteiger partial charge in [0.2, 0.25) is 0 Å². The number of aromatic nitrogens is 1. The van der Waals surface area contributed by atoms with Gasteiger partial charge in [0, 0.05) is 29.5 Å². The first kappa shape index (κ1) is 34.1. The fraction of sp³-hybridized carbons (Fsp3) is 0.148. The standard InChI is InChI=1S/C54H44N2/c1-3-15-37(16-4-1)44-33-45(38-17-5-2-6-18-38)35-46(34-44)39-27-28-49-50(36-39)54(43-22-14-20-41(32-43)52-26-10-12-30-56-52)48-24-8-7-23-47(48)53(49)42-21-13-19-40(31-42)51-25-9-11-29-55-51/h1-5,9,11,13-17,19-32,34-36,44H,6-8,10,12,18,33H2. The number of benzene rings is 5. The summed E-state index contributed by atoms with van der Waals surface area (Å²) in [5, 5.41) is 5.20. The maximum absolute atomic E-state index is 4.82. The molecule has 1 aliphatic heterocycles. The SMILES string of the molecule is C1=CCCC(C2=CC(c3ccc4c(-c5cccc(-c6ccccn6)c5)c5c(c(-c6cccc(C7=CCCC=N7)c6)c4c3)=CCCC=5)=CC(c3ccccc3)C2)=C1. The Morgan fingerprint density at radius 2 is 1.30 bits per heavy atom. The molecule has 0 radical (unpaired) electrons. The average Bonchev–Trinajstić information content (AvgIpc) is 3.29. The van der Waals surface area contributed by atoms with Crippen LogP contribution in [0.15, 0.2) is 174 Å². The first-order valence-electron chi connectivity index (χ1n) is 20.3. The lowest BCUT2D eigenvalue weighted by Crippen LogP contribution is -2.31. The topological polar surface area (TPSA) is 25.2 Å². The van der Waals surface area contributed by atoms with Crippen LogP contribution < -0.4 is 10.4 Å². The number of rotatable bonds is 7. The lowest BCUT2D eigenvalue weighted by molar-refractivity contribution is 0.803. The van der Waals surface area contributed by atoms with Crippen LogP contribution in [0.2, 0.25) is 0 Å². The van der Waals surface area contributed by atoms with Crippen molar-refractivity contribution in [3.05, 3.63) is 196 Å². The Kier molecular flexibility index (Phi) is 9.17. The molecule has 56 heavy (non-hydrogen) atoms. The van der Waals surface area contributed by atoms with E-state index in [1.54, 1.807) is 0 Å². The molecule has 5 aromatic carbocycles. The number of hydrogen-bond donors (Lipinski definition) is 0. The third-order valence-electron chi connectivity index (χ3n) is 11.8. The second-order valence-electron chi connectivity index (χ2n) is 15.3. The summed E-state index contributed by atoms with van der Waals surface area (Å²) >= 11 is 0. The van der Waals surface area contributed by atoms with Gasteiger partial charge in [-0.25, -0.2) is 0 Å². The minimum Gasteiger partial charge on any atom is -0.261 e. The number of pyridine rings is 1. The summed E-state index contributed by atoms with van der Waals surface area (Å²) in [6.07, 6.45) is 30.3. The second-order valence-corrected chi connectivity index (χ2v) is 15.3. The fourth-order valence-corrected chi connectivity index (χ4v) is 9.11. The largest absolute Gasteiger partial charge is 0.261 e. The molecule has 4 aliphatic rings. The molecule has 1 atom stereocenters. The van der Waals surface area contributed by atoms with Crippen LogP contribution in [0.1, 0.15) is 67.6 Å². The van der Waals surface area contributed by atoms with Crippen molar-refractivity contribution in [1.82, 2.24) is 4.98 Å². The number of allylic oxidation sites excluding steroid dienone is 9. The van der Waals surface area contributed by atoms with Crippen molar-refractivity contribution in [3.63, 3.8) is 0 Å². The predicted octanol–water partition coefficient (Wildman–Crippen LogP) is 12.6. The quantitative estimate of drug-likeness (QED) is 0.161. The van der Waals surface area contributed by atoms with E-state index in [-0.39, 0.29) is 0 Å². The van der Waals surface area contributed by atoms with Crippen molar-refractivity contribution in [3.8, 4) is 33.5 Å². The molecule has 270 valence electrons. The summed E-state index contributed by atoms with van der Waals surface area (Å²) < 4.78 is 0. The molecule has 2 nitrogen and oxygen atoms in total. The molecule has 10 rings (SSSR count). The summed E-state index contributed by atoms with van der Waals surface area (Å²) in [5.74, 6) is 0.311. The van der Waals surface area contributed by atoms with Crippen LogP contribution in [0.25, 0.3) is 67.7 Å². The Balaban J connectivity index is 1.23. The van der Waals surface area contributed by atoms with Gasteiger partial charge in [-0.15, -0.1) is 0 Å². The van der Waals surface area contributed by atoms with Gasteiger partial charge in [-0.2, -0.15) is 0 Å². The molecule has 0 saturated carbocycles. The Labute approximate surface area is 329 Å². The summed E-state index contributed by atoms with van der Waals surface area (Å²) in [7, 11) is 0. The third-order valence-corrected chi connectivity index (χ3v) is 11.8. The van der Waals surface area contributed by atoms with Gasteiger partial charge in [0.1, 0.15) is 0 Å². The molecule has 0 spiro atoms. The predicted molar refractivity (Wildman–Crippen MR) is 237 cm³/mol. The van der Waals surface area contributed by atoms with E-state index in [1.807, 2.05) is 12.3 Å². The van der Waals surface area contributed by atoms with Crippen molar-refractivity contribution < 1.29 is 0 Å². The van der Waals surface area contributed by atoms with E-state index < -0.39 is 0 Å². The van der Waals surface area contributed by atoms with Gasteiger partial charge in [0.25, 0.3) is 0 Å². The van der Waals surface area contributed by atoms with E-state index in [0.29, 0.717) is 5.92 Å². The minimum absolute atomic E-state index is 0.311. The van der Waals surface area contributed by atoms with Crippen molar-refractivity contribution in [2.75, 3.05) is 0 Å². The highest BCUT2D eigenvalue weighted by Gasteiger charge is 2.23. The van der Waals surface area contributed by atoms with Gasteiger partial charge in [0.05, 0.1) is 11.4 Å². The highest BCUT2D eigenvalue weighted by molar-refractivity contribution is 6.07. The Morgan fingerprint density at radius 3 is 2.05 bits per heavy atom. The fourth-order valence-electron chi connectivity index (χ4n) is 9.11. The average molecular weight is 721 g/mol. The van der Waals surface area contributed by atoms with Gasteiger partial charge in [-0.1, -0.05) is 134 Å². The monoisotopic (exact) mass is 720 g/mol. The van der Waals surface area contributed by atoms with E-state index in [2.05, 4.69) is 164 Å². The normalized spacial score (nSPS) is 17.5. The molecular weight excluding hydrogens is 677 g/mol. The zero-order chi connectivity index (χ0) is 37.3. The van der Waals surface area contributed by atoms with Crippen LogP contribution in [0.5, 0.6) is 0 Å². The maximum Gasteiger partial charge on any atom is 0.0702 e. The number of aliphatic imine (C=N–C) groups is 1. The Hall–Kier alpha value is -6.38. The second kappa shape index (κ2) is 15.0. The highest BCUT2D eigenvalue weighted by atomic mass is 14.7. The summed E-state index contributed by atoms with van der Waals surface area (Å²) in [6, 6.07) is 42.5. The van der Waals surface area contributed by atoms with Gasteiger partial charge in [0.15, 0.2) is 0 Å². The maximum atomic E-state index is 4.82. The van der Waals surface area contributed by atoms with Crippen LogP contribution in [-0.2, 0) is 0 Å². The van der Waals surface area contributed by atoms with Gasteiger partial charge < -0.3 is 0 Å². The smallest absolute Gasteiger partial charge is 0.0702 e. The van der Waals surface area contributed by atoms with Crippen LogP contribution >= 0.6 is 0 Å². The van der Waals surface area contributed by atoms with Crippen molar-refractivity contribution >= 4 is 40.4 Å². The van der Waals surface area contributed by atoms with Crippen molar-refractivity contribution in [2.24, 2.45) is 4.99 Å². The van der Waals surface area contributed by atoms with Crippen molar-refractivity contribution in [1.29, 1.82) is 0 Å². The zero-order valence-corrected chi connectivity index (χ0v) is 31.7. The van der Waals surface area contributed by atoms with E-state index >= 15 is 0 Å². The molecule has 1 aromatic heterocycles. The minimum atomic E-state index is 0.311. The first-order chi connectivity index (χ1) is 27.8. The highest BCUT2D eigenvalue weighted by Crippen LogP contribution is 2.41. The van der Waals surface area contributed by atoms with Crippen LogP contribution in [0, 0.1) is 0 Å². The first-order valence-corrected chi connectivity index (χ1v) is 20.3. The molecule has 0 N–H and O–H groups in total. The molecule has 0 bridgehead atoms. The van der Waals surface area contributed by atoms with E-state index in [1.165, 1.54) is 76.9 Å². The van der Waals surface area contributed by atoms with Crippen molar-refractivity contribution in [2.45, 2.75) is 50.9 Å². The molecule has 6 aromatic rings. The van der Waals surface area contributed by atoms with Crippen LogP contribution in [0.4, 0.5) is 0 Å². The molecule has 1 unspecified atom stereocenters. The molecule has 2 heteroatoms. The zero-order valence-electron chi connectivity index (χ0n) is 31.7. The molecular formula is C54H44N2. The van der Waals surface area contributed by atoms with E-state index in [4.69, 9.17) is 9.98 Å². The Morgan fingerprint density at radius 1 is 0.554 bits per heavy atom. The molecule has 0 fully saturated rings. The van der Waals surface area contributed by atoms with Gasteiger partial charge in [-0.3, -0.25) is 9.98 Å². The summed E-state index contributed by atoms with van der Waals surface area (Å²) in [4.78, 5) is 9.54. The van der Waals surface area contributed by atoms with E-state index in [0.717, 1.165) is 61.9 Å². The van der Waals surface area contributed by atoms with Crippen LogP contribution in [-0.4, -0.2) is 11.2 Å². The van der Waals surface area contributed by atoms with Gasteiger partial charge >= 0.3 is 0 Å². The third kappa shape index (κ3) is 6.56. The van der Waals surface area contributed by atoms with Gasteiger partial charge in [-0.05, 0) is 147 Å². The Bertz CT molecular complexity index is 2810. The van der Waals surface area contributed by atoms with Crippen LogP contribution in [0.3, 0.4) is 0 Å². The molecule has 0 amide bonds.